The molecule has 2 aromatic heterocycles. The van der Waals surface area contributed by atoms with Crippen molar-refractivity contribution >= 4 is 22.5 Å². The number of nitrogens with one attached hydrogen (secondary N) is 2. The Bertz CT molecular complexity index is 1010. The van der Waals surface area contributed by atoms with Gasteiger partial charge in [0.2, 0.25) is 0 Å². The van der Waals surface area contributed by atoms with Crippen molar-refractivity contribution in [3.8, 4) is 0 Å². The number of aromatic amines is 1. The van der Waals surface area contributed by atoms with Gasteiger partial charge in [-0.1, -0.05) is 18.2 Å². The molecule has 1 aromatic carbocycles. The molecule has 0 amide bonds. The van der Waals surface area contributed by atoms with Crippen LogP contribution in [-0.4, -0.2) is 26.3 Å². The Morgan fingerprint density at radius 2 is 2.23 bits per heavy atom. The zero-order chi connectivity index (χ0) is 18.7. The van der Waals surface area contributed by atoms with Crippen LogP contribution < -0.4 is 10.9 Å². The quantitative estimate of drug-likeness (QED) is 0.622. The fraction of sp³-hybridized carbons (Fsp3) is 0.278. The Morgan fingerprint density at radius 3 is 2.92 bits per heavy atom. The van der Waals surface area contributed by atoms with E-state index in [1.54, 1.807) is 12.1 Å². The molecule has 0 bridgehead atoms. The number of H-pyrrole nitrogens is 1. The maximum atomic E-state index is 13.6. The molecule has 8 heteroatoms. The molecule has 3 rings (SSSR count). The summed E-state index contributed by atoms with van der Waals surface area (Å²) >= 11 is 5.89. The van der Waals surface area contributed by atoms with Crippen molar-refractivity contribution in [2.45, 2.75) is 26.4 Å². The van der Waals surface area contributed by atoms with Crippen molar-refractivity contribution < 1.29 is 4.39 Å². The Kier molecular flexibility index (Phi) is 5.49. The summed E-state index contributed by atoms with van der Waals surface area (Å²) in [4.78, 5) is 17.0. The van der Waals surface area contributed by atoms with Gasteiger partial charge in [0.05, 0.1) is 12.1 Å². The van der Waals surface area contributed by atoms with E-state index >= 15 is 0 Å². The van der Waals surface area contributed by atoms with Gasteiger partial charge >= 0.3 is 0 Å². The molecule has 2 heterocycles. The van der Waals surface area contributed by atoms with E-state index in [9.17, 15) is 9.18 Å². The van der Waals surface area contributed by atoms with Gasteiger partial charge in [-0.3, -0.25) is 9.89 Å². The predicted molar refractivity (Wildman–Crippen MR) is 99.7 cm³/mol. The second kappa shape index (κ2) is 7.80. The first-order valence-corrected chi connectivity index (χ1v) is 8.55. The van der Waals surface area contributed by atoms with Crippen molar-refractivity contribution in [1.82, 2.24) is 25.1 Å². The van der Waals surface area contributed by atoms with E-state index in [4.69, 9.17) is 11.6 Å². The summed E-state index contributed by atoms with van der Waals surface area (Å²) < 4.78 is 15.0. The minimum Gasteiger partial charge on any atom is -0.312 e. The lowest BCUT2D eigenvalue weighted by Gasteiger charge is -2.13. The second-order valence-electron chi connectivity index (χ2n) is 6.05. The van der Waals surface area contributed by atoms with E-state index in [2.05, 4.69) is 27.1 Å². The number of aromatic nitrogens is 4. The molecular formula is C18H19ClFN5O. The summed E-state index contributed by atoms with van der Waals surface area (Å²) in [5.41, 5.74) is 0.857. The molecule has 0 radical (unpaired) electrons. The van der Waals surface area contributed by atoms with Gasteiger partial charge in [-0.15, -0.1) is 0 Å². The molecule has 26 heavy (non-hydrogen) atoms. The highest BCUT2D eigenvalue weighted by Gasteiger charge is 2.11. The number of halogens is 2. The Balaban J connectivity index is 1.81. The number of benzene rings is 1. The summed E-state index contributed by atoms with van der Waals surface area (Å²) in [6.07, 6.45) is 0.649. The van der Waals surface area contributed by atoms with Crippen LogP contribution in [0.4, 0.5) is 4.39 Å². The van der Waals surface area contributed by atoms with E-state index in [1.807, 2.05) is 6.92 Å². The molecule has 136 valence electrons. The van der Waals surface area contributed by atoms with E-state index in [0.29, 0.717) is 35.6 Å². The molecule has 0 unspecified atom stereocenters. The molecule has 0 spiro atoms. The molecule has 0 aliphatic carbocycles. The third-order valence-corrected chi connectivity index (χ3v) is 4.07. The van der Waals surface area contributed by atoms with Gasteiger partial charge in [0.25, 0.3) is 5.56 Å². The molecule has 0 aliphatic heterocycles. The largest absolute Gasteiger partial charge is 0.312 e. The van der Waals surface area contributed by atoms with Gasteiger partial charge in [0.1, 0.15) is 11.6 Å². The third-order valence-electron chi connectivity index (χ3n) is 3.95. The Hall–Kier alpha value is -2.51. The highest BCUT2D eigenvalue weighted by Crippen LogP contribution is 2.17. The minimum absolute atomic E-state index is 0.130. The van der Waals surface area contributed by atoms with Crippen LogP contribution in [0.5, 0.6) is 0 Å². The van der Waals surface area contributed by atoms with Crippen LogP contribution in [0.1, 0.15) is 17.2 Å². The number of hydrogen-bond acceptors (Lipinski definition) is 4. The maximum Gasteiger partial charge on any atom is 0.255 e. The lowest BCUT2D eigenvalue weighted by Crippen LogP contribution is -2.28. The molecule has 0 aliphatic rings. The van der Waals surface area contributed by atoms with Gasteiger partial charge in [-0.05, 0) is 36.6 Å². The Labute approximate surface area is 154 Å². The highest BCUT2D eigenvalue weighted by atomic mass is 35.5. The van der Waals surface area contributed by atoms with Crippen LogP contribution in [0.3, 0.4) is 0 Å². The molecule has 6 nitrogen and oxygen atoms in total. The summed E-state index contributed by atoms with van der Waals surface area (Å²) in [5, 5.41) is 11.2. The minimum atomic E-state index is -0.404. The number of allylic oxidation sites excluding steroid dienone is 1. The second-order valence-corrected chi connectivity index (χ2v) is 6.58. The maximum absolute atomic E-state index is 13.6. The SMILES string of the molecule is C=C(Cl)Cn1c(=O)c(CNCCc2n[nH]c(C)n2)cc2ccc(F)cc21. The fourth-order valence-electron chi connectivity index (χ4n) is 2.78. The zero-order valence-electron chi connectivity index (χ0n) is 14.4. The lowest BCUT2D eigenvalue weighted by atomic mass is 10.1. The van der Waals surface area contributed by atoms with Crippen LogP contribution in [0, 0.1) is 12.7 Å². The van der Waals surface area contributed by atoms with E-state index in [0.717, 1.165) is 17.0 Å². The predicted octanol–water partition coefficient (Wildman–Crippen LogP) is 2.65. The van der Waals surface area contributed by atoms with Gasteiger partial charge in [-0.2, -0.15) is 5.10 Å². The van der Waals surface area contributed by atoms with Crippen molar-refractivity contribution in [2.75, 3.05) is 6.54 Å². The molecule has 0 saturated carbocycles. The molecule has 0 atom stereocenters. The van der Waals surface area contributed by atoms with Crippen LogP contribution >= 0.6 is 11.6 Å². The average Bonchev–Trinajstić information content (AvgIpc) is 3.00. The van der Waals surface area contributed by atoms with Gasteiger partial charge in [-0.25, -0.2) is 9.37 Å². The zero-order valence-corrected chi connectivity index (χ0v) is 15.1. The number of hydrogen-bond donors (Lipinski definition) is 2. The van der Waals surface area contributed by atoms with E-state index in [-0.39, 0.29) is 12.1 Å². The standard InChI is InChI=1S/C18H19ClFN5O/c1-11(19)10-25-16-8-15(20)4-3-13(16)7-14(18(25)26)9-21-6-5-17-22-12(2)23-24-17/h3-4,7-8,21H,1,5-6,9-10H2,2H3,(H,22,23,24). The van der Waals surface area contributed by atoms with Gasteiger partial charge in [0, 0.05) is 30.1 Å². The average molecular weight is 376 g/mol. The molecule has 2 N–H and O–H groups in total. The number of nitrogens with zero attached hydrogens (tertiary/aromatic N) is 3. The summed E-state index contributed by atoms with van der Waals surface area (Å²) in [7, 11) is 0. The third kappa shape index (κ3) is 4.17. The normalized spacial score (nSPS) is 11.2. The first-order valence-electron chi connectivity index (χ1n) is 8.18. The summed E-state index contributed by atoms with van der Waals surface area (Å²) in [6, 6.07) is 6.13. The number of aryl methyl sites for hydroxylation is 1. The molecular weight excluding hydrogens is 357 g/mol. The topological polar surface area (TPSA) is 75.6 Å². The number of fused-ring (bicyclic) bond motifs is 1. The van der Waals surface area contributed by atoms with Crippen molar-refractivity contribution in [3.63, 3.8) is 0 Å². The van der Waals surface area contributed by atoms with Crippen molar-refractivity contribution in [3.05, 3.63) is 69.3 Å². The lowest BCUT2D eigenvalue weighted by molar-refractivity contribution is 0.627. The van der Waals surface area contributed by atoms with E-state index < -0.39 is 5.82 Å². The van der Waals surface area contributed by atoms with E-state index in [1.165, 1.54) is 16.7 Å². The molecule has 0 saturated heterocycles. The monoisotopic (exact) mass is 375 g/mol. The van der Waals surface area contributed by atoms with Crippen LogP contribution in [0.25, 0.3) is 10.9 Å². The number of rotatable bonds is 7. The van der Waals surface area contributed by atoms with Gasteiger partial charge < -0.3 is 9.88 Å². The molecule has 3 aromatic rings. The Morgan fingerprint density at radius 1 is 1.42 bits per heavy atom. The smallest absolute Gasteiger partial charge is 0.255 e. The fourth-order valence-corrected chi connectivity index (χ4v) is 2.90. The van der Waals surface area contributed by atoms with Crippen LogP contribution in [-0.2, 0) is 19.5 Å². The van der Waals surface area contributed by atoms with Crippen LogP contribution in [0.2, 0.25) is 0 Å². The van der Waals surface area contributed by atoms with Crippen molar-refractivity contribution in [2.24, 2.45) is 0 Å². The van der Waals surface area contributed by atoms with Crippen LogP contribution in [0.15, 0.2) is 40.7 Å². The summed E-state index contributed by atoms with van der Waals surface area (Å²) in [6.45, 7) is 6.62. The highest BCUT2D eigenvalue weighted by molar-refractivity contribution is 6.29. The first kappa shape index (κ1) is 18.3. The number of pyridine rings is 1. The molecule has 0 fully saturated rings. The first-order chi connectivity index (χ1) is 12.4. The van der Waals surface area contributed by atoms with Gasteiger partial charge in [0.15, 0.2) is 5.82 Å². The van der Waals surface area contributed by atoms with Crippen molar-refractivity contribution in [1.29, 1.82) is 0 Å². The summed E-state index contributed by atoms with van der Waals surface area (Å²) in [5.74, 6) is 1.09.